The van der Waals surface area contributed by atoms with E-state index in [1.807, 2.05) is 43.3 Å². The van der Waals surface area contributed by atoms with Gasteiger partial charge in [-0.15, -0.1) is 0 Å². The minimum atomic E-state index is -0.984. The second-order valence-electron chi connectivity index (χ2n) is 4.45. The molecule has 0 bridgehead atoms. The van der Waals surface area contributed by atoms with Crippen LogP contribution in [-0.2, 0) is 4.79 Å². The van der Waals surface area contributed by atoms with E-state index >= 15 is 0 Å². The zero-order valence-corrected chi connectivity index (χ0v) is 11.9. The van der Waals surface area contributed by atoms with Crippen molar-refractivity contribution in [3.8, 4) is 17.2 Å². The van der Waals surface area contributed by atoms with Gasteiger partial charge in [0.25, 0.3) is 0 Å². The molecule has 0 saturated carbocycles. The number of hydrogen-bond donors (Lipinski definition) is 1. The Kier molecular flexibility index (Phi) is 4.61. The van der Waals surface area contributed by atoms with E-state index in [1.54, 1.807) is 13.2 Å². The molecule has 0 amide bonds. The number of carboxylic acid groups (broad SMARTS) is 1. The van der Waals surface area contributed by atoms with E-state index < -0.39 is 5.97 Å². The van der Waals surface area contributed by atoms with Gasteiger partial charge in [-0.25, -0.2) is 4.79 Å². The lowest BCUT2D eigenvalue weighted by Crippen LogP contribution is -1.92. The fourth-order valence-electron chi connectivity index (χ4n) is 1.82. The molecule has 0 spiro atoms. The lowest BCUT2D eigenvalue weighted by Gasteiger charge is -2.12. The zero-order valence-electron chi connectivity index (χ0n) is 11.9. The summed E-state index contributed by atoms with van der Waals surface area (Å²) in [6, 6.07) is 12.9. The molecule has 0 unspecified atom stereocenters. The van der Waals surface area contributed by atoms with E-state index in [-0.39, 0.29) is 0 Å². The molecule has 0 saturated heterocycles. The fraction of sp³-hybridized carbons (Fsp3) is 0.118. The quantitative estimate of drug-likeness (QED) is 0.846. The number of carbonyl (C=O) groups is 1. The van der Waals surface area contributed by atoms with Gasteiger partial charge in [-0.1, -0.05) is 24.3 Å². The van der Waals surface area contributed by atoms with Gasteiger partial charge in [0, 0.05) is 6.08 Å². The highest BCUT2D eigenvalue weighted by Gasteiger charge is 2.07. The Morgan fingerprint density at radius 3 is 2.48 bits per heavy atom. The Balaban J connectivity index is 2.31. The van der Waals surface area contributed by atoms with E-state index in [0.717, 1.165) is 17.2 Å². The van der Waals surface area contributed by atoms with Crippen molar-refractivity contribution < 1.29 is 19.4 Å². The number of rotatable bonds is 5. The van der Waals surface area contributed by atoms with Crippen LogP contribution in [0.25, 0.3) is 6.08 Å². The Morgan fingerprint density at radius 2 is 1.81 bits per heavy atom. The number of para-hydroxylation sites is 2. The summed E-state index contributed by atoms with van der Waals surface area (Å²) in [6.07, 6.45) is 2.62. The number of ether oxygens (including phenoxy) is 2. The maximum Gasteiger partial charge on any atom is 0.328 e. The van der Waals surface area contributed by atoms with Crippen LogP contribution < -0.4 is 9.47 Å². The van der Waals surface area contributed by atoms with Crippen molar-refractivity contribution in [2.75, 3.05) is 7.11 Å². The van der Waals surface area contributed by atoms with E-state index in [1.165, 1.54) is 6.08 Å². The van der Waals surface area contributed by atoms with Gasteiger partial charge >= 0.3 is 5.97 Å². The van der Waals surface area contributed by atoms with Crippen LogP contribution in [0.15, 0.2) is 48.5 Å². The van der Waals surface area contributed by atoms with Crippen molar-refractivity contribution in [3.05, 3.63) is 59.7 Å². The number of carboxylic acids is 1. The van der Waals surface area contributed by atoms with Crippen molar-refractivity contribution >= 4 is 12.0 Å². The summed E-state index contributed by atoms with van der Waals surface area (Å²) in [5.74, 6) is 0.931. The van der Waals surface area contributed by atoms with Crippen molar-refractivity contribution in [2.24, 2.45) is 0 Å². The van der Waals surface area contributed by atoms with E-state index in [2.05, 4.69) is 0 Å². The van der Waals surface area contributed by atoms with Crippen molar-refractivity contribution in [3.63, 3.8) is 0 Å². The number of benzene rings is 2. The van der Waals surface area contributed by atoms with Crippen LogP contribution in [0.5, 0.6) is 17.2 Å². The Hall–Kier alpha value is -2.75. The molecule has 2 aromatic rings. The molecular weight excluding hydrogens is 268 g/mol. The van der Waals surface area contributed by atoms with Gasteiger partial charge in [0.05, 0.1) is 7.11 Å². The third-order valence-electron chi connectivity index (χ3n) is 2.92. The third kappa shape index (κ3) is 3.86. The van der Waals surface area contributed by atoms with Crippen LogP contribution >= 0.6 is 0 Å². The number of aliphatic carboxylic acids is 1. The van der Waals surface area contributed by atoms with Crippen LogP contribution in [0.3, 0.4) is 0 Å². The van der Waals surface area contributed by atoms with Crippen LogP contribution in [0.1, 0.15) is 11.1 Å². The van der Waals surface area contributed by atoms with Gasteiger partial charge in [0.15, 0.2) is 11.5 Å². The van der Waals surface area contributed by atoms with E-state index in [0.29, 0.717) is 17.2 Å². The predicted molar refractivity (Wildman–Crippen MR) is 80.9 cm³/mol. The first-order valence-corrected chi connectivity index (χ1v) is 6.42. The Labute approximate surface area is 123 Å². The van der Waals surface area contributed by atoms with E-state index in [4.69, 9.17) is 14.6 Å². The highest BCUT2D eigenvalue weighted by molar-refractivity contribution is 5.85. The first-order valence-electron chi connectivity index (χ1n) is 6.42. The molecular formula is C17H16O4. The average Bonchev–Trinajstić information content (AvgIpc) is 2.48. The van der Waals surface area contributed by atoms with Gasteiger partial charge in [-0.2, -0.15) is 0 Å². The zero-order chi connectivity index (χ0) is 15.2. The van der Waals surface area contributed by atoms with Crippen molar-refractivity contribution in [1.82, 2.24) is 0 Å². The maximum atomic E-state index is 10.6. The summed E-state index contributed by atoms with van der Waals surface area (Å²) in [5.41, 5.74) is 1.71. The molecule has 0 atom stereocenters. The summed E-state index contributed by atoms with van der Waals surface area (Å²) in [7, 11) is 1.58. The molecule has 1 N–H and O–H groups in total. The van der Waals surface area contributed by atoms with E-state index in [9.17, 15) is 4.79 Å². The smallest absolute Gasteiger partial charge is 0.328 e. The molecule has 0 aliphatic heterocycles. The Morgan fingerprint density at radius 1 is 1.10 bits per heavy atom. The molecule has 4 nitrogen and oxygen atoms in total. The first kappa shape index (κ1) is 14.7. The summed E-state index contributed by atoms with van der Waals surface area (Å²) in [6.45, 7) is 1.93. The molecule has 21 heavy (non-hydrogen) atoms. The molecule has 2 rings (SSSR count). The highest BCUT2D eigenvalue weighted by Crippen LogP contribution is 2.33. The first-order chi connectivity index (χ1) is 10.1. The predicted octanol–water partition coefficient (Wildman–Crippen LogP) is 3.89. The minimum Gasteiger partial charge on any atom is -0.493 e. The lowest BCUT2D eigenvalue weighted by molar-refractivity contribution is -0.131. The summed E-state index contributed by atoms with van der Waals surface area (Å²) < 4.78 is 11.1. The molecule has 0 heterocycles. The molecule has 0 aromatic heterocycles. The fourth-order valence-corrected chi connectivity index (χ4v) is 1.82. The van der Waals surface area contributed by atoms with Gasteiger partial charge in [-0.3, -0.25) is 0 Å². The number of methoxy groups -OCH3 is 1. The molecule has 108 valence electrons. The van der Waals surface area contributed by atoms with Crippen molar-refractivity contribution in [1.29, 1.82) is 0 Å². The summed E-state index contributed by atoms with van der Waals surface area (Å²) in [5, 5.41) is 8.67. The Bertz CT molecular complexity index is 674. The average molecular weight is 284 g/mol. The maximum absolute atomic E-state index is 10.6. The van der Waals surface area contributed by atoms with Gasteiger partial charge in [0.1, 0.15) is 5.75 Å². The van der Waals surface area contributed by atoms with Crippen LogP contribution in [0.4, 0.5) is 0 Å². The van der Waals surface area contributed by atoms with Crippen LogP contribution in [0, 0.1) is 6.92 Å². The normalized spacial score (nSPS) is 10.6. The summed E-state index contributed by atoms with van der Waals surface area (Å²) >= 11 is 0. The monoisotopic (exact) mass is 284 g/mol. The number of aryl methyl sites for hydroxylation is 1. The molecule has 4 heteroatoms. The molecule has 2 aromatic carbocycles. The second-order valence-corrected chi connectivity index (χ2v) is 4.45. The lowest BCUT2D eigenvalue weighted by atomic mass is 10.1. The van der Waals surface area contributed by atoms with Crippen LogP contribution in [-0.4, -0.2) is 18.2 Å². The van der Waals surface area contributed by atoms with Gasteiger partial charge in [0.2, 0.25) is 0 Å². The topological polar surface area (TPSA) is 55.8 Å². The van der Waals surface area contributed by atoms with Crippen molar-refractivity contribution in [2.45, 2.75) is 6.92 Å². The molecule has 0 radical (unpaired) electrons. The standard InChI is InChI=1S/C17H16O4/c1-12-7-8-13(9-10-17(18)19)11-16(12)21-15-6-4-3-5-14(15)20-2/h3-11H,1-2H3,(H,18,19)/b10-9+. The number of hydrogen-bond acceptors (Lipinski definition) is 3. The second kappa shape index (κ2) is 6.61. The molecule has 0 aliphatic carbocycles. The van der Waals surface area contributed by atoms with Gasteiger partial charge < -0.3 is 14.6 Å². The largest absolute Gasteiger partial charge is 0.493 e. The molecule has 0 fully saturated rings. The third-order valence-corrected chi connectivity index (χ3v) is 2.92. The van der Waals surface area contributed by atoms with Gasteiger partial charge in [-0.05, 0) is 42.3 Å². The summed E-state index contributed by atoms with van der Waals surface area (Å²) in [4.78, 5) is 10.6. The minimum absolute atomic E-state index is 0.613. The van der Waals surface area contributed by atoms with Crippen LogP contribution in [0.2, 0.25) is 0 Å². The highest BCUT2D eigenvalue weighted by atomic mass is 16.5. The molecule has 0 aliphatic rings. The SMILES string of the molecule is COc1ccccc1Oc1cc(/C=C/C(=O)O)ccc1C.